The highest BCUT2D eigenvalue weighted by Crippen LogP contribution is 2.27. The zero-order chi connectivity index (χ0) is 19.6. The van der Waals surface area contributed by atoms with Crippen molar-refractivity contribution in [2.45, 2.75) is 11.8 Å². The smallest absolute Gasteiger partial charge is 0.272 e. The molecule has 27 heavy (non-hydrogen) atoms. The number of nitrogens with one attached hydrogen (secondary N) is 1. The van der Waals surface area contributed by atoms with Gasteiger partial charge in [-0.1, -0.05) is 18.2 Å². The van der Waals surface area contributed by atoms with E-state index in [1.165, 1.54) is 42.5 Å². The van der Waals surface area contributed by atoms with E-state index in [0.717, 1.165) is 6.07 Å². The number of carbonyl (C=O) groups excluding carboxylic acids is 1. The Labute approximate surface area is 155 Å². The van der Waals surface area contributed by atoms with E-state index in [4.69, 9.17) is 0 Å². The summed E-state index contributed by atoms with van der Waals surface area (Å²) in [6.07, 6.45) is 0. The van der Waals surface area contributed by atoms with Gasteiger partial charge in [0.25, 0.3) is 15.9 Å². The van der Waals surface area contributed by atoms with Crippen LogP contribution in [-0.2, 0) is 10.0 Å². The van der Waals surface area contributed by atoms with Crippen LogP contribution in [0.2, 0.25) is 0 Å². The molecule has 0 aliphatic heterocycles. The lowest BCUT2D eigenvalue weighted by Gasteiger charge is -2.23. The van der Waals surface area contributed by atoms with Crippen LogP contribution in [0.5, 0.6) is 5.75 Å². The largest absolute Gasteiger partial charge is 0.508 e. The number of rotatable bonds is 4. The minimum Gasteiger partial charge on any atom is -0.508 e. The first kappa shape index (κ1) is 18.4. The second kappa shape index (κ2) is 7.08. The first-order chi connectivity index (χ1) is 12.8. The Morgan fingerprint density at radius 1 is 1.00 bits per heavy atom. The Morgan fingerprint density at radius 3 is 2.22 bits per heavy atom. The number of nitrogens with zero attached hydrogens (tertiary/aromatic N) is 1. The number of aromatic amines is 1. The van der Waals surface area contributed by atoms with E-state index in [-0.39, 0.29) is 21.9 Å². The van der Waals surface area contributed by atoms with Gasteiger partial charge in [-0.2, -0.15) is 4.31 Å². The summed E-state index contributed by atoms with van der Waals surface area (Å²) in [5.74, 6) is -0.950. The number of pyridine rings is 1. The number of hydrogen-bond donors (Lipinski definition) is 2. The quantitative estimate of drug-likeness (QED) is 0.718. The van der Waals surface area contributed by atoms with E-state index in [2.05, 4.69) is 4.98 Å². The second-order valence-electron chi connectivity index (χ2n) is 5.82. The maximum atomic E-state index is 13.2. The lowest BCUT2D eigenvalue weighted by molar-refractivity contribution is 0.100. The third kappa shape index (κ3) is 3.75. The molecule has 1 amide bonds. The number of sulfonamides is 1. The molecular weight excluding hydrogens is 368 g/mol. The van der Waals surface area contributed by atoms with E-state index in [1.54, 1.807) is 25.1 Å². The van der Waals surface area contributed by atoms with Crippen molar-refractivity contribution in [2.75, 3.05) is 4.31 Å². The third-order valence-corrected chi connectivity index (χ3v) is 5.50. The molecule has 138 valence electrons. The summed E-state index contributed by atoms with van der Waals surface area (Å²) >= 11 is 0. The zero-order valence-corrected chi connectivity index (χ0v) is 15.1. The van der Waals surface area contributed by atoms with E-state index in [0.29, 0.717) is 10.00 Å². The Bertz CT molecular complexity index is 1140. The second-order valence-corrected chi connectivity index (χ2v) is 7.61. The molecule has 0 aliphatic carbocycles. The van der Waals surface area contributed by atoms with Gasteiger partial charge in [0.1, 0.15) is 5.75 Å². The van der Waals surface area contributed by atoms with Gasteiger partial charge in [0.15, 0.2) is 0 Å². The first-order valence-electron chi connectivity index (χ1n) is 7.94. The number of H-pyrrole nitrogens is 1. The summed E-state index contributed by atoms with van der Waals surface area (Å²) in [5, 5.41) is 9.49. The molecule has 0 saturated carbocycles. The van der Waals surface area contributed by atoms with Gasteiger partial charge in [-0.3, -0.25) is 9.59 Å². The average molecular weight is 384 g/mol. The Kier molecular flexibility index (Phi) is 4.83. The van der Waals surface area contributed by atoms with Crippen LogP contribution >= 0.6 is 0 Å². The van der Waals surface area contributed by atoms with Crippen molar-refractivity contribution < 1.29 is 18.3 Å². The number of aryl methyl sites for hydroxylation is 1. The highest BCUT2D eigenvalue weighted by atomic mass is 32.2. The summed E-state index contributed by atoms with van der Waals surface area (Å²) in [6.45, 7) is 1.59. The molecule has 0 aliphatic rings. The molecular formula is C19H16N2O5S. The molecule has 1 aromatic heterocycles. The molecule has 7 nitrogen and oxygen atoms in total. The number of aromatic hydroxyl groups is 1. The predicted molar refractivity (Wildman–Crippen MR) is 100 cm³/mol. The fourth-order valence-electron chi connectivity index (χ4n) is 2.57. The molecule has 0 saturated heterocycles. The molecule has 1 heterocycles. The van der Waals surface area contributed by atoms with Crippen molar-refractivity contribution in [2.24, 2.45) is 0 Å². The van der Waals surface area contributed by atoms with Crippen LogP contribution in [0.1, 0.15) is 16.1 Å². The van der Waals surface area contributed by atoms with Gasteiger partial charge >= 0.3 is 0 Å². The lowest BCUT2D eigenvalue weighted by Crippen LogP contribution is -2.37. The van der Waals surface area contributed by atoms with Crippen molar-refractivity contribution >= 4 is 21.6 Å². The number of benzene rings is 2. The number of amides is 1. The van der Waals surface area contributed by atoms with Gasteiger partial charge in [-0.05, 0) is 49.4 Å². The minimum atomic E-state index is -4.25. The molecule has 3 aromatic rings. The summed E-state index contributed by atoms with van der Waals surface area (Å²) < 4.78 is 26.9. The molecule has 2 aromatic carbocycles. The SMILES string of the molecule is Cc1cc(C(=O)N(c2ccc(O)cc2)S(=O)(=O)c2ccccc2)cc(=O)[nH]1. The summed E-state index contributed by atoms with van der Waals surface area (Å²) in [4.78, 5) is 27.3. The Morgan fingerprint density at radius 2 is 1.63 bits per heavy atom. The van der Waals surface area contributed by atoms with Gasteiger partial charge in [0, 0.05) is 17.3 Å². The van der Waals surface area contributed by atoms with Crippen molar-refractivity contribution in [3.8, 4) is 5.75 Å². The number of phenolic OH excluding ortho intramolecular Hbond substituents is 1. The van der Waals surface area contributed by atoms with Crippen LogP contribution in [0.25, 0.3) is 0 Å². The highest BCUT2D eigenvalue weighted by molar-refractivity contribution is 7.93. The fourth-order valence-corrected chi connectivity index (χ4v) is 4.01. The van der Waals surface area contributed by atoms with Gasteiger partial charge < -0.3 is 10.1 Å². The molecule has 0 spiro atoms. The normalized spacial score (nSPS) is 11.1. The third-order valence-electron chi connectivity index (χ3n) is 3.78. The van der Waals surface area contributed by atoms with Gasteiger partial charge in [-0.15, -0.1) is 0 Å². The number of hydrogen-bond acceptors (Lipinski definition) is 5. The van der Waals surface area contributed by atoms with Crippen molar-refractivity contribution in [1.29, 1.82) is 0 Å². The van der Waals surface area contributed by atoms with Crippen LogP contribution < -0.4 is 9.86 Å². The lowest BCUT2D eigenvalue weighted by atomic mass is 10.2. The van der Waals surface area contributed by atoms with E-state index in [9.17, 15) is 23.1 Å². The van der Waals surface area contributed by atoms with Gasteiger partial charge in [0.2, 0.25) is 5.56 Å². The topological polar surface area (TPSA) is 108 Å². The minimum absolute atomic E-state index is 0.0413. The summed E-state index contributed by atoms with van der Waals surface area (Å²) in [5.41, 5.74) is -0.113. The van der Waals surface area contributed by atoms with Crippen LogP contribution in [0, 0.1) is 6.92 Å². The molecule has 0 radical (unpaired) electrons. The average Bonchev–Trinajstić information content (AvgIpc) is 2.63. The molecule has 3 rings (SSSR count). The van der Waals surface area contributed by atoms with Crippen LogP contribution in [0.3, 0.4) is 0 Å². The van der Waals surface area contributed by atoms with Crippen molar-refractivity contribution in [3.63, 3.8) is 0 Å². The number of carbonyl (C=O) groups is 1. The maximum absolute atomic E-state index is 13.2. The highest BCUT2D eigenvalue weighted by Gasteiger charge is 2.32. The Hall–Kier alpha value is -3.39. The van der Waals surface area contributed by atoms with E-state index in [1.807, 2.05) is 0 Å². The fraction of sp³-hybridized carbons (Fsp3) is 0.0526. The van der Waals surface area contributed by atoms with E-state index < -0.39 is 21.5 Å². The zero-order valence-electron chi connectivity index (χ0n) is 14.3. The maximum Gasteiger partial charge on any atom is 0.272 e. The van der Waals surface area contributed by atoms with Crippen LogP contribution in [0.15, 0.2) is 76.4 Å². The molecule has 8 heteroatoms. The van der Waals surface area contributed by atoms with Crippen molar-refractivity contribution in [1.82, 2.24) is 4.98 Å². The number of phenols is 1. The molecule has 0 atom stereocenters. The van der Waals surface area contributed by atoms with Gasteiger partial charge in [-0.25, -0.2) is 8.42 Å². The van der Waals surface area contributed by atoms with Crippen LogP contribution in [0.4, 0.5) is 5.69 Å². The van der Waals surface area contributed by atoms with Crippen molar-refractivity contribution in [3.05, 3.63) is 88.3 Å². The molecule has 2 N–H and O–H groups in total. The standard InChI is InChI=1S/C19H16N2O5S/c1-13-11-14(12-18(23)20-13)19(24)21(15-7-9-16(22)10-8-15)27(25,26)17-5-3-2-4-6-17/h2-12,22H,1H3,(H,20,23). The molecule has 0 fully saturated rings. The monoisotopic (exact) mass is 384 g/mol. The summed E-state index contributed by atoms with van der Waals surface area (Å²) in [6, 6.07) is 15.1. The van der Waals surface area contributed by atoms with Crippen LogP contribution in [-0.4, -0.2) is 24.4 Å². The first-order valence-corrected chi connectivity index (χ1v) is 9.38. The number of aromatic nitrogens is 1. The summed E-state index contributed by atoms with van der Waals surface area (Å²) in [7, 11) is -4.25. The van der Waals surface area contributed by atoms with E-state index >= 15 is 0 Å². The van der Waals surface area contributed by atoms with Gasteiger partial charge in [0.05, 0.1) is 10.6 Å². The Balaban J connectivity index is 2.20. The predicted octanol–water partition coefficient (Wildman–Crippen LogP) is 2.42. The number of anilines is 1. The molecule has 0 bridgehead atoms. The molecule has 0 unspecified atom stereocenters.